The second kappa shape index (κ2) is 3.64. The largest absolute Gasteiger partial charge is 0.508 e. The third-order valence-electron chi connectivity index (χ3n) is 2.09. The van der Waals surface area contributed by atoms with Crippen molar-refractivity contribution in [3.8, 4) is 17.1 Å². The van der Waals surface area contributed by atoms with Gasteiger partial charge in [0.05, 0.1) is 6.26 Å². The van der Waals surface area contributed by atoms with Crippen molar-refractivity contribution < 1.29 is 13.5 Å². The Bertz CT molecular complexity index is 599. The Balaban J connectivity index is 2.58. The zero-order valence-electron chi connectivity index (χ0n) is 8.53. The van der Waals surface area contributed by atoms with Crippen molar-refractivity contribution in [1.82, 2.24) is 8.96 Å². The molecule has 0 saturated carbocycles. The predicted octanol–water partition coefficient (Wildman–Crippen LogP) is 1.06. The third-order valence-corrected chi connectivity index (χ3v) is 3.10. The first-order valence-electron chi connectivity index (χ1n) is 4.52. The lowest BCUT2D eigenvalue weighted by molar-refractivity contribution is 0.475. The molecule has 0 bridgehead atoms. The van der Waals surface area contributed by atoms with Crippen LogP contribution in [0.25, 0.3) is 11.4 Å². The summed E-state index contributed by atoms with van der Waals surface area (Å²) in [4.78, 5) is 3.98. The first-order chi connectivity index (χ1) is 7.48. The van der Waals surface area contributed by atoms with Gasteiger partial charge in [0.2, 0.25) is 10.0 Å². The molecule has 0 atom stereocenters. The van der Waals surface area contributed by atoms with Gasteiger partial charge in [-0.3, -0.25) is 0 Å². The minimum atomic E-state index is -3.36. The summed E-state index contributed by atoms with van der Waals surface area (Å²) in [5, 5.41) is 9.14. The summed E-state index contributed by atoms with van der Waals surface area (Å²) in [7, 11) is -3.36. The highest BCUT2D eigenvalue weighted by Crippen LogP contribution is 2.21. The van der Waals surface area contributed by atoms with Crippen LogP contribution in [0.1, 0.15) is 0 Å². The first kappa shape index (κ1) is 10.7. The van der Waals surface area contributed by atoms with Crippen LogP contribution in [0.15, 0.2) is 36.7 Å². The Labute approximate surface area is 93.0 Å². The van der Waals surface area contributed by atoms with Crippen LogP contribution in [0, 0.1) is 0 Å². The van der Waals surface area contributed by atoms with Crippen LogP contribution in [0.3, 0.4) is 0 Å². The molecule has 0 spiro atoms. The number of aromatic hydroxyl groups is 1. The molecule has 0 aliphatic rings. The average molecular weight is 238 g/mol. The molecular weight excluding hydrogens is 228 g/mol. The lowest BCUT2D eigenvalue weighted by atomic mass is 10.2. The van der Waals surface area contributed by atoms with E-state index in [1.807, 2.05) is 0 Å². The van der Waals surface area contributed by atoms with Gasteiger partial charge in [-0.1, -0.05) is 0 Å². The van der Waals surface area contributed by atoms with Crippen LogP contribution in [-0.4, -0.2) is 28.7 Å². The number of hydrogen-bond acceptors (Lipinski definition) is 4. The minimum Gasteiger partial charge on any atom is -0.508 e. The van der Waals surface area contributed by atoms with Crippen LogP contribution < -0.4 is 0 Å². The van der Waals surface area contributed by atoms with Crippen LogP contribution in [0.4, 0.5) is 0 Å². The molecule has 16 heavy (non-hydrogen) atoms. The Morgan fingerprint density at radius 3 is 2.44 bits per heavy atom. The average Bonchev–Trinajstić information content (AvgIpc) is 2.66. The van der Waals surface area contributed by atoms with E-state index >= 15 is 0 Å². The molecule has 5 nitrogen and oxygen atoms in total. The van der Waals surface area contributed by atoms with E-state index in [9.17, 15) is 8.42 Å². The zero-order valence-corrected chi connectivity index (χ0v) is 9.35. The molecule has 0 unspecified atom stereocenters. The standard InChI is InChI=1S/C10H10N2O3S/c1-16(14,15)12-7-6-11-10(12)8-2-4-9(13)5-3-8/h2-7,13H,1H3. The summed E-state index contributed by atoms with van der Waals surface area (Å²) >= 11 is 0. The summed E-state index contributed by atoms with van der Waals surface area (Å²) in [6.07, 6.45) is 3.92. The highest BCUT2D eigenvalue weighted by atomic mass is 32.2. The van der Waals surface area contributed by atoms with Crippen molar-refractivity contribution in [3.63, 3.8) is 0 Å². The second-order valence-electron chi connectivity index (χ2n) is 3.36. The van der Waals surface area contributed by atoms with Crippen molar-refractivity contribution in [2.45, 2.75) is 0 Å². The number of phenols is 1. The number of imidazole rings is 1. The van der Waals surface area contributed by atoms with Crippen molar-refractivity contribution in [2.24, 2.45) is 0 Å². The molecule has 0 amide bonds. The topological polar surface area (TPSA) is 72.2 Å². The smallest absolute Gasteiger partial charge is 0.237 e. The maximum absolute atomic E-state index is 11.4. The van der Waals surface area contributed by atoms with Crippen LogP contribution in [-0.2, 0) is 10.0 Å². The van der Waals surface area contributed by atoms with Gasteiger partial charge in [-0.2, -0.15) is 0 Å². The number of hydrogen-bond donors (Lipinski definition) is 1. The molecule has 2 aromatic rings. The summed E-state index contributed by atoms with van der Waals surface area (Å²) in [6.45, 7) is 0. The van der Waals surface area contributed by atoms with Crippen LogP contribution in [0.5, 0.6) is 5.75 Å². The lowest BCUT2D eigenvalue weighted by Gasteiger charge is -2.04. The van der Waals surface area contributed by atoms with Crippen molar-refractivity contribution in [3.05, 3.63) is 36.7 Å². The van der Waals surface area contributed by atoms with E-state index in [4.69, 9.17) is 5.11 Å². The third kappa shape index (κ3) is 1.92. The summed E-state index contributed by atoms with van der Waals surface area (Å²) < 4.78 is 24.0. The van der Waals surface area contributed by atoms with E-state index in [2.05, 4.69) is 4.98 Å². The molecular formula is C10H10N2O3S. The van der Waals surface area contributed by atoms with E-state index < -0.39 is 10.0 Å². The normalized spacial score (nSPS) is 11.6. The molecule has 1 aromatic carbocycles. The van der Waals surface area contributed by atoms with E-state index in [1.54, 1.807) is 12.1 Å². The fourth-order valence-corrected chi connectivity index (χ4v) is 2.11. The Hall–Kier alpha value is -1.82. The van der Waals surface area contributed by atoms with Crippen molar-refractivity contribution in [2.75, 3.05) is 6.26 Å². The maximum Gasteiger partial charge on any atom is 0.237 e. The van der Waals surface area contributed by atoms with E-state index in [1.165, 1.54) is 24.5 Å². The SMILES string of the molecule is CS(=O)(=O)n1ccnc1-c1ccc(O)cc1. The molecule has 1 N–H and O–H groups in total. The fraction of sp³-hybridized carbons (Fsp3) is 0.100. The fourth-order valence-electron chi connectivity index (χ4n) is 1.37. The van der Waals surface area contributed by atoms with Gasteiger partial charge in [-0.15, -0.1) is 0 Å². The van der Waals surface area contributed by atoms with Gasteiger partial charge in [0.25, 0.3) is 0 Å². The molecule has 1 heterocycles. The summed E-state index contributed by atoms with van der Waals surface area (Å²) in [6, 6.07) is 6.19. The van der Waals surface area contributed by atoms with Gasteiger partial charge in [0.15, 0.2) is 5.82 Å². The minimum absolute atomic E-state index is 0.126. The van der Waals surface area contributed by atoms with Gasteiger partial charge in [0, 0.05) is 18.0 Å². The Morgan fingerprint density at radius 2 is 1.88 bits per heavy atom. The molecule has 0 aliphatic heterocycles. The quantitative estimate of drug-likeness (QED) is 0.849. The molecule has 2 rings (SSSR count). The molecule has 84 valence electrons. The number of rotatable bonds is 2. The molecule has 1 aromatic heterocycles. The Kier molecular flexibility index (Phi) is 2.43. The van der Waals surface area contributed by atoms with Crippen molar-refractivity contribution >= 4 is 10.0 Å². The summed E-state index contributed by atoms with van der Waals surface area (Å²) in [5.41, 5.74) is 0.633. The number of phenolic OH excluding ortho intramolecular Hbond substituents is 1. The molecule has 0 aliphatic carbocycles. The maximum atomic E-state index is 11.4. The lowest BCUT2D eigenvalue weighted by Crippen LogP contribution is -2.10. The second-order valence-corrected chi connectivity index (χ2v) is 5.22. The van der Waals surface area contributed by atoms with E-state index in [0.29, 0.717) is 11.4 Å². The molecule has 0 saturated heterocycles. The first-order valence-corrected chi connectivity index (χ1v) is 6.36. The van der Waals surface area contributed by atoms with Crippen LogP contribution >= 0.6 is 0 Å². The van der Waals surface area contributed by atoms with Gasteiger partial charge in [-0.05, 0) is 24.3 Å². The molecule has 6 heteroatoms. The Morgan fingerprint density at radius 1 is 1.25 bits per heavy atom. The van der Waals surface area contributed by atoms with Gasteiger partial charge < -0.3 is 5.11 Å². The predicted molar refractivity (Wildman–Crippen MR) is 59.6 cm³/mol. The molecule has 0 radical (unpaired) electrons. The highest BCUT2D eigenvalue weighted by molar-refractivity contribution is 7.89. The van der Waals surface area contributed by atoms with Gasteiger partial charge in [-0.25, -0.2) is 17.4 Å². The zero-order chi connectivity index (χ0) is 11.8. The van der Waals surface area contributed by atoms with E-state index in [0.717, 1.165) is 10.2 Å². The molecule has 0 fully saturated rings. The number of benzene rings is 1. The van der Waals surface area contributed by atoms with Gasteiger partial charge >= 0.3 is 0 Å². The van der Waals surface area contributed by atoms with Crippen LogP contribution in [0.2, 0.25) is 0 Å². The van der Waals surface area contributed by atoms with E-state index in [-0.39, 0.29) is 5.75 Å². The van der Waals surface area contributed by atoms with Gasteiger partial charge in [0.1, 0.15) is 5.75 Å². The number of aromatic nitrogens is 2. The highest BCUT2D eigenvalue weighted by Gasteiger charge is 2.12. The number of nitrogens with zero attached hydrogens (tertiary/aromatic N) is 2. The summed E-state index contributed by atoms with van der Waals surface area (Å²) in [5.74, 6) is 0.462. The monoisotopic (exact) mass is 238 g/mol. The van der Waals surface area contributed by atoms with Crippen molar-refractivity contribution in [1.29, 1.82) is 0 Å².